The lowest BCUT2D eigenvalue weighted by Crippen LogP contribution is -2.28. The molecule has 0 aliphatic heterocycles. The number of nitrogens with one attached hydrogen (secondary N) is 1. The second kappa shape index (κ2) is 5.70. The Kier molecular flexibility index (Phi) is 4.44. The van der Waals surface area contributed by atoms with Gasteiger partial charge in [-0.1, -0.05) is 29.8 Å². The molecule has 0 amide bonds. The average molecular weight is 314 g/mol. The van der Waals surface area contributed by atoms with Crippen molar-refractivity contribution in [2.75, 3.05) is 6.54 Å². The van der Waals surface area contributed by atoms with E-state index in [0.29, 0.717) is 11.5 Å². The summed E-state index contributed by atoms with van der Waals surface area (Å²) in [5.41, 5.74) is 1.40. The third-order valence-corrected chi connectivity index (χ3v) is 4.34. The molecular weight excluding hydrogens is 293 g/mol. The minimum atomic E-state index is -0.149. The van der Waals surface area contributed by atoms with Crippen LogP contribution in [-0.2, 0) is 6.42 Å². The van der Waals surface area contributed by atoms with Gasteiger partial charge >= 0.3 is 0 Å². The zero-order chi connectivity index (χ0) is 13.2. The van der Waals surface area contributed by atoms with Crippen molar-refractivity contribution < 1.29 is 4.39 Å². The molecule has 0 saturated heterocycles. The summed E-state index contributed by atoms with van der Waals surface area (Å²) in [6.45, 7) is 5.51. The Morgan fingerprint density at radius 2 is 2.22 bits per heavy atom. The highest BCUT2D eigenvalue weighted by Crippen LogP contribution is 2.40. The molecule has 1 aromatic carbocycles. The molecule has 3 heteroatoms. The van der Waals surface area contributed by atoms with E-state index in [9.17, 15) is 4.39 Å². The minimum Gasteiger partial charge on any atom is -0.314 e. The van der Waals surface area contributed by atoms with Crippen LogP contribution in [0.15, 0.2) is 22.7 Å². The first-order chi connectivity index (χ1) is 8.50. The van der Waals surface area contributed by atoms with E-state index in [1.807, 2.05) is 6.07 Å². The van der Waals surface area contributed by atoms with Crippen molar-refractivity contribution in [3.8, 4) is 0 Å². The van der Waals surface area contributed by atoms with E-state index in [1.54, 1.807) is 6.07 Å². The van der Waals surface area contributed by atoms with Gasteiger partial charge < -0.3 is 5.32 Å². The van der Waals surface area contributed by atoms with Crippen LogP contribution < -0.4 is 5.32 Å². The molecule has 0 radical (unpaired) electrons. The van der Waals surface area contributed by atoms with Gasteiger partial charge in [0.25, 0.3) is 0 Å². The van der Waals surface area contributed by atoms with Crippen LogP contribution in [0.25, 0.3) is 0 Å². The summed E-state index contributed by atoms with van der Waals surface area (Å²) in [6, 6.07) is 5.85. The summed E-state index contributed by atoms with van der Waals surface area (Å²) < 4.78 is 14.2. The van der Waals surface area contributed by atoms with Gasteiger partial charge in [0, 0.05) is 10.5 Å². The summed E-state index contributed by atoms with van der Waals surface area (Å²) in [7, 11) is 0. The van der Waals surface area contributed by atoms with E-state index in [4.69, 9.17) is 0 Å². The van der Waals surface area contributed by atoms with Crippen LogP contribution in [0, 0.1) is 11.2 Å². The maximum absolute atomic E-state index is 13.4. The van der Waals surface area contributed by atoms with Crippen molar-refractivity contribution in [2.24, 2.45) is 5.41 Å². The van der Waals surface area contributed by atoms with E-state index < -0.39 is 0 Å². The van der Waals surface area contributed by atoms with Gasteiger partial charge in [0.05, 0.1) is 0 Å². The lowest BCUT2D eigenvalue weighted by Gasteiger charge is -2.24. The van der Waals surface area contributed by atoms with Crippen LogP contribution in [0.1, 0.15) is 38.7 Å². The maximum Gasteiger partial charge on any atom is 0.124 e. The van der Waals surface area contributed by atoms with Gasteiger partial charge in [-0.2, -0.15) is 0 Å². The maximum atomic E-state index is 13.4. The summed E-state index contributed by atoms with van der Waals surface area (Å²) in [5.74, 6) is -0.149. The minimum absolute atomic E-state index is 0.149. The summed E-state index contributed by atoms with van der Waals surface area (Å²) in [6.07, 6.45) is 4.61. The average Bonchev–Trinajstić information content (AvgIpc) is 2.58. The number of hydrogen-bond donors (Lipinski definition) is 1. The molecule has 0 spiro atoms. The van der Waals surface area contributed by atoms with Crippen LogP contribution in [-0.4, -0.2) is 12.6 Å². The Labute approximate surface area is 117 Å². The molecule has 2 atom stereocenters. The number of halogens is 2. The SMILES string of the molecule is CCNC1CCC(C)(Cc2cc(F)cc(Br)c2)C1. The largest absolute Gasteiger partial charge is 0.314 e. The van der Waals surface area contributed by atoms with E-state index in [-0.39, 0.29) is 5.82 Å². The zero-order valence-electron chi connectivity index (χ0n) is 11.1. The lowest BCUT2D eigenvalue weighted by atomic mass is 9.82. The van der Waals surface area contributed by atoms with Crippen LogP contribution in [0.2, 0.25) is 0 Å². The molecule has 0 bridgehead atoms. The molecular formula is C15H21BrFN. The van der Waals surface area contributed by atoms with E-state index in [2.05, 4.69) is 35.1 Å². The topological polar surface area (TPSA) is 12.0 Å². The van der Waals surface area contributed by atoms with Crippen LogP contribution in [0.3, 0.4) is 0 Å². The molecule has 1 fully saturated rings. The zero-order valence-corrected chi connectivity index (χ0v) is 12.7. The molecule has 1 aliphatic carbocycles. The third-order valence-electron chi connectivity index (χ3n) is 3.88. The fourth-order valence-corrected chi connectivity index (χ4v) is 3.66. The van der Waals surface area contributed by atoms with Gasteiger partial charge in [0.1, 0.15) is 5.82 Å². The van der Waals surface area contributed by atoms with Crippen molar-refractivity contribution in [3.05, 3.63) is 34.1 Å². The Morgan fingerprint density at radius 3 is 2.89 bits per heavy atom. The molecule has 1 saturated carbocycles. The summed E-state index contributed by atoms with van der Waals surface area (Å²) in [4.78, 5) is 0. The molecule has 0 aromatic heterocycles. The van der Waals surface area contributed by atoms with E-state index >= 15 is 0 Å². The highest BCUT2D eigenvalue weighted by Gasteiger charge is 2.34. The van der Waals surface area contributed by atoms with Crippen LogP contribution in [0.5, 0.6) is 0 Å². The second-order valence-electron chi connectivity index (χ2n) is 5.76. The van der Waals surface area contributed by atoms with Gasteiger partial charge in [-0.05, 0) is 61.4 Å². The van der Waals surface area contributed by atoms with Crippen LogP contribution >= 0.6 is 15.9 Å². The molecule has 2 unspecified atom stereocenters. The van der Waals surface area contributed by atoms with Gasteiger partial charge in [0.2, 0.25) is 0 Å². The summed E-state index contributed by atoms with van der Waals surface area (Å²) in [5, 5.41) is 3.52. The van der Waals surface area contributed by atoms with Crippen LogP contribution in [0.4, 0.5) is 4.39 Å². The monoisotopic (exact) mass is 313 g/mol. The molecule has 18 heavy (non-hydrogen) atoms. The fraction of sp³-hybridized carbons (Fsp3) is 0.600. The van der Waals surface area contributed by atoms with Crippen molar-refractivity contribution in [1.29, 1.82) is 0 Å². The number of hydrogen-bond acceptors (Lipinski definition) is 1. The molecule has 1 aliphatic rings. The lowest BCUT2D eigenvalue weighted by molar-refractivity contribution is 0.322. The van der Waals surface area contributed by atoms with Gasteiger partial charge in [-0.15, -0.1) is 0 Å². The van der Waals surface area contributed by atoms with Gasteiger partial charge in [-0.25, -0.2) is 4.39 Å². The highest BCUT2D eigenvalue weighted by molar-refractivity contribution is 9.10. The predicted octanol–water partition coefficient (Wildman–Crippen LogP) is 4.30. The van der Waals surface area contributed by atoms with E-state index in [0.717, 1.165) is 23.0 Å². The standard InChI is InChI=1S/C15H21BrFN/c1-3-18-14-4-5-15(2,10-14)9-11-6-12(16)8-13(17)7-11/h6-8,14,18H,3-5,9-10H2,1-2H3. The number of benzene rings is 1. The molecule has 1 N–H and O–H groups in total. The Morgan fingerprint density at radius 1 is 1.44 bits per heavy atom. The fourth-order valence-electron chi connectivity index (χ4n) is 3.15. The predicted molar refractivity (Wildman–Crippen MR) is 77.2 cm³/mol. The first-order valence-corrected chi connectivity index (χ1v) is 7.48. The Hall–Kier alpha value is -0.410. The van der Waals surface area contributed by atoms with Crippen molar-refractivity contribution in [3.63, 3.8) is 0 Å². The second-order valence-corrected chi connectivity index (χ2v) is 6.68. The first kappa shape index (κ1) is 14.0. The Bertz CT molecular complexity index is 401. The van der Waals surface area contributed by atoms with Gasteiger partial charge in [-0.3, -0.25) is 0 Å². The Balaban J connectivity index is 2.04. The van der Waals surface area contributed by atoms with Crippen molar-refractivity contribution >= 4 is 15.9 Å². The molecule has 100 valence electrons. The van der Waals surface area contributed by atoms with Crippen molar-refractivity contribution in [2.45, 2.75) is 45.6 Å². The quantitative estimate of drug-likeness (QED) is 0.874. The smallest absolute Gasteiger partial charge is 0.124 e. The molecule has 1 nitrogen and oxygen atoms in total. The molecule has 1 aromatic rings. The number of rotatable bonds is 4. The van der Waals surface area contributed by atoms with E-state index in [1.165, 1.54) is 25.3 Å². The highest BCUT2D eigenvalue weighted by atomic mass is 79.9. The normalized spacial score (nSPS) is 27.7. The van der Waals surface area contributed by atoms with Crippen molar-refractivity contribution in [1.82, 2.24) is 5.32 Å². The molecule has 2 rings (SSSR count). The molecule has 0 heterocycles. The summed E-state index contributed by atoms with van der Waals surface area (Å²) >= 11 is 3.36. The van der Waals surface area contributed by atoms with Gasteiger partial charge in [0.15, 0.2) is 0 Å². The first-order valence-electron chi connectivity index (χ1n) is 6.69. The third kappa shape index (κ3) is 3.55.